The highest BCUT2D eigenvalue weighted by atomic mass is 16.3. The third-order valence-corrected chi connectivity index (χ3v) is 9.90. The minimum atomic E-state index is -0.327. The van der Waals surface area contributed by atoms with Gasteiger partial charge in [-0.25, -0.2) is 0 Å². The molecule has 0 spiro atoms. The lowest BCUT2D eigenvalue weighted by Gasteiger charge is -2.60. The maximum atomic E-state index is 11.4. The molecule has 29 heavy (non-hydrogen) atoms. The first-order chi connectivity index (χ1) is 13.7. The van der Waals surface area contributed by atoms with E-state index < -0.39 is 0 Å². The topological polar surface area (TPSA) is 58.3 Å². The first kappa shape index (κ1) is 19.8. The first-order valence-electron chi connectivity index (χ1n) is 11.8. The van der Waals surface area contributed by atoms with Crippen LogP contribution in [0.3, 0.4) is 0 Å². The summed E-state index contributed by atoms with van der Waals surface area (Å²) in [6.45, 7) is 6.94. The Morgan fingerprint density at radius 2 is 1.83 bits per heavy atom. The predicted molar refractivity (Wildman–Crippen MR) is 115 cm³/mol. The number of aryl methyl sites for hydroxylation is 2. The van der Waals surface area contributed by atoms with Gasteiger partial charge in [-0.1, -0.05) is 13.8 Å². The monoisotopic (exact) mass is 398 g/mol. The van der Waals surface area contributed by atoms with Crippen LogP contribution in [-0.2, 0) is 7.05 Å². The van der Waals surface area contributed by atoms with E-state index in [9.17, 15) is 10.2 Å². The molecule has 5 rings (SSSR count). The summed E-state index contributed by atoms with van der Waals surface area (Å²) in [5.41, 5.74) is 3.82. The molecule has 1 heterocycles. The van der Waals surface area contributed by atoms with Crippen LogP contribution in [0, 0.1) is 41.4 Å². The number of hydrogen-bond acceptors (Lipinski definition) is 3. The van der Waals surface area contributed by atoms with E-state index in [1.54, 1.807) is 0 Å². The Hall–Kier alpha value is -1.13. The molecule has 4 aliphatic rings. The maximum absolute atomic E-state index is 11.4. The summed E-state index contributed by atoms with van der Waals surface area (Å²) in [7, 11) is 1.96. The minimum Gasteiger partial charge on any atom is -0.393 e. The van der Waals surface area contributed by atoms with Crippen LogP contribution in [0.1, 0.15) is 76.5 Å². The summed E-state index contributed by atoms with van der Waals surface area (Å²) >= 11 is 0. The molecule has 4 aliphatic carbocycles. The zero-order valence-corrected chi connectivity index (χ0v) is 18.6. The molecule has 4 nitrogen and oxygen atoms in total. The molecule has 4 saturated carbocycles. The zero-order chi connectivity index (χ0) is 20.6. The fraction of sp³-hybridized carbons (Fsp3) is 0.800. The molecule has 1 unspecified atom stereocenters. The van der Waals surface area contributed by atoms with Gasteiger partial charge in [0, 0.05) is 24.2 Å². The van der Waals surface area contributed by atoms with Crippen LogP contribution in [0.5, 0.6) is 0 Å². The maximum Gasteiger partial charge on any atom is 0.0809 e. The van der Waals surface area contributed by atoms with E-state index in [0.717, 1.165) is 48.8 Å². The summed E-state index contributed by atoms with van der Waals surface area (Å²) in [5.74, 6) is 2.76. The fourth-order valence-electron chi connectivity index (χ4n) is 8.19. The molecule has 0 bridgehead atoms. The number of fused-ring (bicyclic) bond motifs is 5. The van der Waals surface area contributed by atoms with Crippen molar-refractivity contribution in [2.45, 2.75) is 84.3 Å². The van der Waals surface area contributed by atoms with Gasteiger partial charge in [0.05, 0.1) is 17.9 Å². The third-order valence-electron chi connectivity index (χ3n) is 9.90. The molecular formula is C25H38N2O2. The lowest BCUT2D eigenvalue weighted by atomic mass is 9.45. The molecule has 1 aromatic heterocycles. The lowest BCUT2D eigenvalue weighted by Crippen LogP contribution is -2.54. The molecule has 2 N–H and O–H groups in total. The van der Waals surface area contributed by atoms with Crippen LogP contribution < -0.4 is 0 Å². The number of aliphatic hydroxyl groups excluding tert-OH is 2. The second kappa shape index (κ2) is 6.68. The molecule has 160 valence electrons. The van der Waals surface area contributed by atoms with Crippen molar-refractivity contribution in [1.29, 1.82) is 0 Å². The van der Waals surface area contributed by atoms with E-state index in [4.69, 9.17) is 0 Å². The zero-order valence-electron chi connectivity index (χ0n) is 18.6. The Labute approximate surface area is 175 Å². The van der Waals surface area contributed by atoms with E-state index in [2.05, 4.69) is 38.1 Å². The minimum absolute atomic E-state index is 0.0144. The summed E-state index contributed by atoms with van der Waals surface area (Å²) in [6, 6.07) is 0. The molecule has 0 aromatic carbocycles. The molecule has 0 amide bonds. The van der Waals surface area contributed by atoms with Crippen molar-refractivity contribution in [3.8, 4) is 0 Å². The molecule has 0 saturated heterocycles. The van der Waals surface area contributed by atoms with Crippen LogP contribution in [0.4, 0.5) is 0 Å². The Morgan fingerprint density at radius 3 is 2.55 bits per heavy atom. The van der Waals surface area contributed by atoms with Crippen LogP contribution in [-0.4, -0.2) is 32.2 Å². The number of aromatic nitrogens is 2. The quantitative estimate of drug-likeness (QED) is 0.733. The molecule has 8 atom stereocenters. The molecule has 0 aliphatic heterocycles. The largest absolute Gasteiger partial charge is 0.393 e. The Kier molecular flexibility index (Phi) is 4.57. The van der Waals surface area contributed by atoms with Crippen LogP contribution in [0.2, 0.25) is 0 Å². The second-order valence-electron chi connectivity index (χ2n) is 11.3. The highest BCUT2D eigenvalue weighted by Crippen LogP contribution is 2.67. The van der Waals surface area contributed by atoms with Crippen molar-refractivity contribution in [2.75, 3.05) is 0 Å². The number of rotatable bonds is 1. The summed E-state index contributed by atoms with van der Waals surface area (Å²) in [6.07, 6.45) is 13.0. The van der Waals surface area contributed by atoms with Crippen molar-refractivity contribution < 1.29 is 10.2 Å². The van der Waals surface area contributed by atoms with Gasteiger partial charge in [0.2, 0.25) is 0 Å². The van der Waals surface area contributed by atoms with Crippen LogP contribution in [0.25, 0.3) is 6.08 Å². The molecule has 4 fully saturated rings. The van der Waals surface area contributed by atoms with Crippen LogP contribution in [0.15, 0.2) is 11.8 Å². The van der Waals surface area contributed by atoms with Gasteiger partial charge in [-0.2, -0.15) is 5.10 Å². The molecular weight excluding hydrogens is 360 g/mol. The van der Waals surface area contributed by atoms with Gasteiger partial charge < -0.3 is 10.2 Å². The Balaban J connectivity index is 1.45. The van der Waals surface area contributed by atoms with Crippen molar-refractivity contribution in [3.05, 3.63) is 23.0 Å². The van der Waals surface area contributed by atoms with Gasteiger partial charge in [-0.15, -0.1) is 0 Å². The molecule has 1 aromatic rings. The Morgan fingerprint density at radius 1 is 1.07 bits per heavy atom. The highest BCUT2D eigenvalue weighted by molar-refractivity contribution is 5.56. The summed E-state index contributed by atoms with van der Waals surface area (Å²) in [5, 5.41) is 26.1. The van der Waals surface area contributed by atoms with Crippen molar-refractivity contribution >= 4 is 6.08 Å². The van der Waals surface area contributed by atoms with Gasteiger partial charge in [-0.3, -0.25) is 4.68 Å². The normalized spacial score (nSPS) is 48.3. The average molecular weight is 399 g/mol. The fourth-order valence-corrected chi connectivity index (χ4v) is 8.19. The van der Waals surface area contributed by atoms with Crippen molar-refractivity contribution in [2.24, 2.45) is 41.5 Å². The van der Waals surface area contributed by atoms with E-state index >= 15 is 0 Å². The number of nitrogens with zero attached hydrogens (tertiary/aromatic N) is 2. The summed E-state index contributed by atoms with van der Waals surface area (Å²) in [4.78, 5) is 0. The smallest absolute Gasteiger partial charge is 0.0809 e. The first-order valence-corrected chi connectivity index (χ1v) is 11.8. The Bertz CT molecular complexity index is 829. The SMILES string of the molecule is Cc1nn(C)cc1/C=C1\C[C@H]2[C@@H]3CCC4C[C@@H](O)CC[C@]4(C)[C@H]3CC[C@]2(C)[C@H]1O. The number of aliphatic hydroxyl groups is 2. The second-order valence-corrected chi connectivity index (χ2v) is 11.3. The van der Waals surface area contributed by atoms with E-state index in [1.165, 1.54) is 31.3 Å². The predicted octanol–water partition coefficient (Wildman–Crippen LogP) is 4.49. The molecule has 0 radical (unpaired) electrons. The van der Waals surface area contributed by atoms with Gasteiger partial charge in [0.15, 0.2) is 0 Å². The van der Waals surface area contributed by atoms with Gasteiger partial charge in [0.25, 0.3) is 0 Å². The lowest BCUT2D eigenvalue weighted by molar-refractivity contribution is -0.133. The van der Waals surface area contributed by atoms with E-state index in [1.807, 2.05) is 11.7 Å². The van der Waals surface area contributed by atoms with Gasteiger partial charge in [0.1, 0.15) is 0 Å². The van der Waals surface area contributed by atoms with Crippen molar-refractivity contribution in [1.82, 2.24) is 9.78 Å². The standard InChI is InChI=1S/C25H38N2O2/c1-15-17(14-27(4)26-15)11-16-12-22-20-6-5-18-13-19(28)7-9-24(18,2)21(20)8-10-25(22,3)23(16)29/h11,14,18-23,28-29H,5-10,12-13H2,1-4H3/b16-11+/t18?,19-,20+,21-,22-,23-,24-,25-/m0/s1. The van der Waals surface area contributed by atoms with Gasteiger partial charge in [-0.05, 0) is 99.0 Å². The van der Waals surface area contributed by atoms with E-state index in [0.29, 0.717) is 17.3 Å². The van der Waals surface area contributed by atoms with Crippen LogP contribution >= 0.6 is 0 Å². The molecule has 4 heteroatoms. The average Bonchev–Trinajstić information content (AvgIpc) is 3.12. The number of hydrogen-bond donors (Lipinski definition) is 2. The van der Waals surface area contributed by atoms with E-state index in [-0.39, 0.29) is 17.6 Å². The highest BCUT2D eigenvalue weighted by Gasteiger charge is 2.61. The third kappa shape index (κ3) is 2.89. The van der Waals surface area contributed by atoms with Gasteiger partial charge >= 0.3 is 0 Å². The van der Waals surface area contributed by atoms with Crippen molar-refractivity contribution in [3.63, 3.8) is 0 Å². The summed E-state index contributed by atoms with van der Waals surface area (Å²) < 4.78 is 1.87.